The van der Waals surface area contributed by atoms with Crippen molar-refractivity contribution in [3.05, 3.63) is 42.5 Å². The average Bonchev–Trinajstić information content (AvgIpc) is 3.20. The summed E-state index contributed by atoms with van der Waals surface area (Å²) >= 11 is 0. The van der Waals surface area contributed by atoms with Crippen LogP contribution in [0, 0.1) is 6.92 Å². The molecule has 4 aromatic rings. The van der Waals surface area contributed by atoms with Crippen molar-refractivity contribution in [2.24, 2.45) is 5.14 Å². The lowest BCUT2D eigenvalue weighted by molar-refractivity contribution is -0.0534. The summed E-state index contributed by atoms with van der Waals surface area (Å²) in [7, 11) is -1.79. The molecule has 0 aliphatic carbocycles. The highest BCUT2D eigenvalue weighted by Gasteiger charge is 2.26. The van der Waals surface area contributed by atoms with Crippen LogP contribution in [0.15, 0.2) is 41.7 Å². The number of halogens is 2. The van der Waals surface area contributed by atoms with Crippen molar-refractivity contribution in [1.29, 1.82) is 0 Å². The van der Waals surface area contributed by atoms with E-state index in [9.17, 15) is 17.2 Å². The molecule has 178 valence electrons. The summed E-state index contributed by atoms with van der Waals surface area (Å²) in [6, 6.07) is 4.92. The Labute approximate surface area is 192 Å². The molecule has 11 nitrogen and oxygen atoms in total. The molecular formula is C20H18F2N6O5S. The summed E-state index contributed by atoms with van der Waals surface area (Å²) in [6.45, 7) is -1.45. The zero-order valence-corrected chi connectivity index (χ0v) is 18.9. The molecule has 0 unspecified atom stereocenters. The van der Waals surface area contributed by atoms with Gasteiger partial charge in [0.2, 0.25) is 21.7 Å². The minimum absolute atomic E-state index is 0.149. The van der Waals surface area contributed by atoms with Gasteiger partial charge >= 0.3 is 6.61 Å². The fraction of sp³-hybridized carbons (Fsp3) is 0.200. The van der Waals surface area contributed by atoms with Crippen LogP contribution in [0.4, 0.5) is 8.78 Å². The van der Waals surface area contributed by atoms with Crippen LogP contribution >= 0.6 is 0 Å². The number of ether oxygens (including phenoxy) is 3. The van der Waals surface area contributed by atoms with Gasteiger partial charge in [0.1, 0.15) is 4.90 Å². The molecule has 0 spiro atoms. The maximum atomic E-state index is 12.9. The van der Waals surface area contributed by atoms with Crippen molar-refractivity contribution in [3.8, 4) is 34.7 Å². The van der Waals surface area contributed by atoms with E-state index >= 15 is 0 Å². The zero-order chi connectivity index (χ0) is 24.6. The van der Waals surface area contributed by atoms with Gasteiger partial charge in [-0.2, -0.15) is 18.7 Å². The van der Waals surface area contributed by atoms with E-state index in [0.717, 1.165) is 0 Å². The van der Waals surface area contributed by atoms with Gasteiger partial charge in [-0.25, -0.2) is 13.6 Å². The summed E-state index contributed by atoms with van der Waals surface area (Å²) in [5, 5.41) is 5.72. The molecule has 14 heteroatoms. The molecule has 34 heavy (non-hydrogen) atoms. The second kappa shape index (κ2) is 8.79. The fourth-order valence-electron chi connectivity index (χ4n) is 3.47. The molecular weight excluding hydrogens is 474 g/mol. The summed E-state index contributed by atoms with van der Waals surface area (Å²) in [4.78, 5) is 16.7. The first-order valence-corrected chi connectivity index (χ1v) is 11.1. The minimum Gasteiger partial charge on any atom is -0.478 e. The number of nitrogens with zero attached hydrogens (tertiary/aromatic N) is 5. The van der Waals surface area contributed by atoms with E-state index in [1.807, 2.05) is 0 Å². The third kappa shape index (κ3) is 4.08. The van der Waals surface area contributed by atoms with Crippen LogP contribution in [0.5, 0.6) is 17.5 Å². The van der Waals surface area contributed by atoms with E-state index in [0.29, 0.717) is 22.5 Å². The Kier molecular flexibility index (Phi) is 6.01. The SMILES string of the molecule is COc1nc(-n2cc(S(N)(=O)=O)c3cccc(-c4nccnc4C)c32)nc(OC)c1OC(F)F. The van der Waals surface area contributed by atoms with Crippen LogP contribution in [-0.4, -0.2) is 53.8 Å². The van der Waals surface area contributed by atoms with Gasteiger partial charge < -0.3 is 14.2 Å². The molecule has 0 amide bonds. The predicted octanol–water partition coefficient (Wildman–Crippen LogP) is 2.45. The molecule has 0 atom stereocenters. The van der Waals surface area contributed by atoms with E-state index in [1.165, 1.54) is 37.4 Å². The Hall–Kier alpha value is -3.91. The third-order valence-electron chi connectivity index (χ3n) is 4.83. The number of para-hydroxylation sites is 1. The highest BCUT2D eigenvalue weighted by atomic mass is 32.2. The molecule has 0 saturated carbocycles. The Morgan fingerprint density at radius 1 is 1.06 bits per heavy atom. The van der Waals surface area contributed by atoms with Gasteiger partial charge in [0.25, 0.3) is 11.8 Å². The summed E-state index contributed by atoms with van der Waals surface area (Å²) < 4.78 is 66.6. The topological polar surface area (TPSA) is 144 Å². The van der Waals surface area contributed by atoms with Gasteiger partial charge in [0.15, 0.2) is 0 Å². The highest BCUT2D eigenvalue weighted by Crippen LogP contribution is 2.39. The first-order valence-electron chi connectivity index (χ1n) is 9.55. The predicted molar refractivity (Wildman–Crippen MR) is 116 cm³/mol. The second-order valence-electron chi connectivity index (χ2n) is 6.85. The van der Waals surface area contributed by atoms with E-state index < -0.39 is 22.4 Å². The fourth-order valence-corrected chi connectivity index (χ4v) is 4.20. The van der Waals surface area contributed by atoms with Gasteiger partial charge in [-0.05, 0) is 6.92 Å². The third-order valence-corrected chi connectivity index (χ3v) is 5.77. The molecule has 4 rings (SSSR count). The Bertz CT molecular complexity index is 1470. The van der Waals surface area contributed by atoms with E-state index in [-0.39, 0.29) is 28.0 Å². The van der Waals surface area contributed by atoms with Gasteiger partial charge in [0.05, 0.1) is 31.1 Å². The smallest absolute Gasteiger partial charge is 0.387 e. The second-order valence-corrected chi connectivity index (χ2v) is 8.38. The van der Waals surface area contributed by atoms with Crippen molar-refractivity contribution in [1.82, 2.24) is 24.5 Å². The number of rotatable bonds is 7. The van der Waals surface area contributed by atoms with Crippen LogP contribution in [0.25, 0.3) is 28.1 Å². The number of primary sulfonamides is 1. The summed E-state index contributed by atoms with van der Waals surface area (Å²) in [6.07, 6.45) is 4.24. The van der Waals surface area contributed by atoms with Gasteiger partial charge in [-0.1, -0.05) is 18.2 Å². The number of sulfonamides is 1. The number of aromatic nitrogens is 5. The molecule has 0 aliphatic rings. The van der Waals surface area contributed by atoms with Crippen molar-refractivity contribution >= 4 is 20.9 Å². The normalized spacial score (nSPS) is 11.7. The molecule has 0 fully saturated rings. The number of alkyl halides is 2. The molecule has 3 heterocycles. The number of fused-ring (bicyclic) bond motifs is 1. The Morgan fingerprint density at radius 3 is 2.26 bits per heavy atom. The van der Waals surface area contributed by atoms with Crippen molar-refractivity contribution in [2.75, 3.05) is 14.2 Å². The van der Waals surface area contributed by atoms with Crippen LogP contribution in [0.3, 0.4) is 0 Å². The number of methoxy groups -OCH3 is 2. The molecule has 0 bridgehead atoms. The first kappa shape index (κ1) is 23.3. The van der Waals surface area contributed by atoms with Gasteiger partial charge in [-0.15, -0.1) is 0 Å². The van der Waals surface area contributed by atoms with E-state index in [1.54, 1.807) is 25.1 Å². The Balaban J connectivity index is 2.10. The highest BCUT2D eigenvalue weighted by molar-refractivity contribution is 7.89. The largest absolute Gasteiger partial charge is 0.478 e. The van der Waals surface area contributed by atoms with Crippen LogP contribution < -0.4 is 19.3 Å². The van der Waals surface area contributed by atoms with Crippen molar-refractivity contribution in [3.63, 3.8) is 0 Å². The van der Waals surface area contributed by atoms with E-state index in [2.05, 4.69) is 24.7 Å². The van der Waals surface area contributed by atoms with Gasteiger partial charge in [-0.3, -0.25) is 14.5 Å². The molecule has 2 N–H and O–H groups in total. The average molecular weight is 492 g/mol. The maximum Gasteiger partial charge on any atom is 0.387 e. The summed E-state index contributed by atoms with van der Waals surface area (Å²) in [5.74, 6) is -1.37. The zero-order valence-electron chi connectivity index (χ0n) is 18.1. The molecule has 3 aromatic heterocycles. The molecule has 0 radical (unpaired) electrons. The monoisotopic (exact) mass is 492 g/mol. The van der Waals surface area contributed by atoms with Gasteiger partial charge in [0, 0.05) is 29.5 Å². The first-order chi connectivity index (χ1) is 16.2. The molecule has 0 aliphatic heterocycles. The molecule has 1 aromatic carbocycles. The lowest BCUT2D eigenvalue weighted by Crippen LogP contribution is -2.12. The summed E-state index contributed by atoms with van der Waals surface area (Å²) in [5.41, 5.74) is 1.90. The van der Waals surface area contributed by atoms with Crippen LogP contribution in [-0.2, 0) is 10.0 Å². The number of benzene rings is 1. The number of hydrogen-bond donors (Lipinski definition) is 1. The number of hydrogen-bond acceptors (Lipinski definition) is 9. The number of aryl methyl sites for hydroxylation is 1. The lowest BCUT2D eigenvalue weighted by Gasteiger charge is -2.15. The molecule has 0 saturated heterocycles. The standard InChI is InChI=1S/C20H18F2N6O5S/c1-10-14(25-8-7-24-10)12-6-4-5-11-13(34(23,29)30)9-28(15(11)12)20-26-17(31-2)16(33-19(21)22)18(27-20)32-3/h4-9,19H,1-3H3,(H2,23,29,30). The minimum atomic E-state index is -4.18. The Morgan fingerprint density at radius 2 is 1.71 bits per heavy atom. The maximum absolute atomic E-state index is 12.9. The van der Waals surface area contributed by atoms with Crippen LogP contribution in [0.2, 0.25) is 0 Å². The lowest BCUT2D eigenvalue weighted by atomic mass is 10.1. The van der Waals surface area contributed by atoms with E-state index in [4.69, 9.17) is 14.6 Å². The van der Waals surface area contributed by atoms with Crippen LogP contribution in [0.1, 0.15) is 5.69 Å². The van der Waals surface area contributed by atoms with Crippen molar-refractivity contribution in [2.45, 2.75) is 18.4 Å². The number of nitrogens with two attached hydrogens (primary N) is 1. The quantitative estimate of drug-likeness (QED) is 0.411. The van der Waals surface area contributed by atoms with Crippen molar-refractivity contribution < 1.29 is 31.4 Å².